The van der Waals surface area contributed by atoms with Gasteiger partial charge in [-0.3, -0.25) is 9.59 Å². The van der Waals surface area contributed by atoms with Crippen LogP contribution in [0.25, 0.3) is 0 Å². The van der Waals surface area contributed by atoms with Gasteiger partial charge < -0.3 is 10.2 Å². The van der Waals surface area contributed by atoms with Gasteiger partial charge in [0.05, 0.1) is 5.60 Å². The lowest BCUT2D eigenvalue weighted by Gasteiger charge is -2.26. The highest BCUT2D eigenvalue weighted by atomic mass is 32.2. The first-order valence-corrected chi connectivity index (χ1v) is 10.5. The average Bonchev–Trinajstić information content (AvgIpc) is 2.87. The van der Waals surface area contributed by atoms with Gasteiger partial charge in [-0.25, -0.2) is 0 Å². The molecule has 3 atom stereocenters. The number of carboxylic acid groups (broad SMARTS) is 1. The lowest BCUT2D eigenvalue weighted by atomic mass is 9.98. The van der Waals surface area contributed by atoms with Crippen molar-refractivity contribution in [3.8, 4) is 0 Å². The van der Waals surface area contributed by atoms with Crippen LogP contribution >= 0.6 is 11.8 Å². The molecule has 140 valence electrons. The summed E-state index contributed by atoms with van der Waals surface area (Å²) in [6, 6.07) is 0. The quantitative estimate of drug-likeness (QED) is 0.476. The van der Waals surface area contributed by atoms with Crippen molar-refractivity contribution in [2.75, 3.05) is 5.75 Å². The molecule has 1 rings (SSSR count). The fourth-order valence-corrected chi connectivity index (χ4v) is 4.86. The lowest BCUT2D eigenvalue weighted by Crippen LogP contribution is -2.29. The predicted molar refractivity (Wildman–Crippen MR) is 99.5 cm³/mol. The minimum atomic E-state index is -0.729. The smallest absolute Gasteiger partial charge is 0.303 e. The molecular weight excluding hydrogens is 324 g/mol. The first-order valence-electron chi connectivity index (χ1n) is 9.44. The van der Waals surface area contributed by atoms with Gasteiger partial charge in [-0.15, -0.1) is 0 Å². The number of unbranched alkanes of at least 4 members (excludes halogenated alkanes) is 4. The Balaban J connectivity index is 2.29. The molecule has 5 heteroatoms. The maximum absolute atomic E-state index is 12.1. The van der Waals surface area contributed by atoms with Gasteiger partial charge in [0.2, 0.25) is 0 Å². The van der Waals surface area contributed by atoms with Crippen LogP contribution in [0.2, 0.25) is 0 Å². The molecule has 0 spiro atoms. The van der Waals surface area contributed by atoms with E-state index in [0.717, 1.165) is 57.8 Å². The van der Waals surface area contributed by atoms with E-state index in [1.54, 1.807) is 11.8 Å². The van der Waals surface area contributed by atoms with Gasteiger partial charge in [-0.2, -0.15) is 11.8 Å². The Kier molecular flexibility index (Phi) is 9.98. The summed E-state index contributed by atoms with van der Waals surface area (Å²) in [5, 5.41) is 19.4. The van der Waals surface area contributed by atoms with E-state index in [9.17, 15) is 14.7 Å². The third kappa shape index (κ3) is 8.52. The zero-order valence-electron chi connectivity index (χ0n) is 15.3. The zero-order valence-corrected chi connectivity index (χ0v) is 16.1. The van der Waals surface area contributed by atoms with Crippen molar-refractivity contribution in [3.05, 3.63) is 0 Å². The molecule has 1 saturated carbocycles. The largest absolute Gasteiger partial charge is 0.481 e. The number of carboxylic acids is 1. The van der Waals surface area contributed by atoms with Gasteiger partial charge in [0.15, 0.2) is 0 Å². The molecule has 4 nitrogen and oxygen atoms in total. The van der Waals surface area contributed by atoms with E-state index in [1.807, 2.05) is 6.92 Å². The van der Waals surface area contributed by atoms with Gasteiger partial charge in [-0.05, 0) is 32.6 Å². The van der Waals surface area contributed by atoms with Crippen molar-refractivity contribution >= 4 is 23.5 Å². The van der Waals surface area contributed by atoms with Crippen LogP contribution in [0.4, 0.5) is 0 Å². The Morgan fingerprint density at radius 2 is 1.96 bits per heavy atom. The summed E-state index contributed by atoms with van der Waals surface area (Å²) in [5.74, 6) is 0.496. The van der Waals surface area contributed by atoms with Crippen LogP contribution in [0.3, 0.4) is 0 Å². The SMILES string of the molecule is CCCCC(C)(O)CSC1CCC(=O)C1CCCCCCC(=O)O. The number of carbonyl (C=O) groups is 2. The summed E-state index contributed by atoms with van der Waals surface area (Å²) < 4.78 is 0. The number of hydrogen-bond donors (Lipinski definition) is 2. The van der Waals surface area contributed by atoms with Crippen molar-refractivity contribution in [1.82, 2.24) is 0 Å². The number of thioether (sulfide) groups is 1. The number of Topliss-reactive ketones (excluding diaryl/α,β-unsaturated/α-hetero) is 1. The van der Waals surface area contributed by atoms with Crippen molar-refractivity contribution in [2.45, 2.75) is 95.3 Å². The fourth-order valence-electron chi connectivity index (χ4n) is 3.34. The third-order valence-corrected chi connectivity index (χ3v) is 6.65. The van der Waals surface area contributed by atoms with Gasteiger partial charge >= 0.3 is 5.97 Å². The summed E-state index contributed by atoms with van der Waals surface area (Å²) in [7, 11) is 0. The van der Waals surface area contributed by atoms with E-state index in [2.05, 4.69) is 6.92 Å². The van der Waals surface area contributed by atoms with Crippen molar-refractivity contribution < 1.29 is 19.8 Å². The summed E-state index contributed by atoms with van der Waals surface area (Å²) >= 11 is 1.78. The molecule has 1 fully saturated rings. The van der Waals surface area contributed by atoms with Crippen LogP contribution in [-0.2, 0) is 9.59 Å². The first kappa shape index (κ1) is 21.5. The molecule has 0 aromatic rings. The Bertz CT molecular complexity index is 395. The van der Waals surface area contributed by atoms with Gasteiger partial charge in [0, 0.05) is 29.8 Å². The monoisotopic (exact) mass is 358 g/mol. The van der Waals surface area contributed by atoms with Gasteiger partial charge in [0.1, 0.15) is 5.78 Å². The van der Waals surface area contributed by atoms with Gasteiger partial charge in [0.25, 0.3) is 0 Å². The number of aliphatic carboxylic acids is 1. The topological polar surface area (TPSA) is 74.6 Å². The van der Waals surface area contributed by atoms with E-state index in [-0.39, 0.29) is 12.3 Å². The molecule has 0 aliphatic heterocycles. The average molecular weight is 359 g/mol. The number of rotatable bonds is 13. The number of ketones is 1. The molecule has 3 unspecified atom stereocenters. The molecule has 0 bridgehead atoms. The highest BCUT2D eigenvalue weighted by Gasteiger charge is 2.35. The zero-order chi connectivity index (χ0) is 18.0. The molecule has 1 aliphatic carbocycles. The highest BCUT2D eigenvalue weighted by Crippen LogP contribution is 2.37. The number of aliphatic hydroxyl groups is 1. The van der Waals surface area contributed by atoms with Crippen LogP contribution in [0.5, 0.6) is 0 Å². The molecule has 0 amide bonds. The molecule has 0 aromatic carbocycles. The fraction of sp³-hybridized carbons (Fsp3) is 0.895. The third-order valence-electron chi connectivity index (χ3n) is 4.87. The van der Waals surface area contributed by atoms with E-state index >= 15 is 0 Å². The first-order chi connectivity index (χ1) is 11.4. The highest BCUT2D eigenvalue weighted by molar-refractivity contribution is 8.00. The van der Waals surface area contributed by atoms with E-state index in [4.69, 9.17) is 5.11 Å². The molecular formula is C19H34O4S. The lowest BCUT2D eigenvalue weighted by molar-refractivity contribution is -0.137. The van der Waals surface area contributed by atoms with Gasteiger partial charge in [-0.1, -0.05) is 39.0 Å². The summed E-state index contributed by atoms with van der Waals surface area (Å²) in [4.78, 5) is 22.6. The van der Waals surface area contributed by atoms with E-state index in [1.165, 1.54) is 0 Å². The molecule has 0 radical (unpaired) electrons. The van der Waals surface area contributed by atoms with Crippen LogP contribution in [0.15, 0.2) is 0 Å². The molecule has 0 saturated heterocycles. The van der Waals surface area contributed by atoms with Crippen LogP contribution < -0.4 is 0 Å². The molecule has 1 aliphatic rings. The maximum atomic E-state index is 12.1. The second kappa shape index (κ2) is 11.1. The Labute approximate surface area is 150 Å². The number of carbonyl (C=O) groups excluding carboxylic acids is 1. The maximum Gasteiger partial charge on any atom is 0.303 e. The van der Waals surface area contributed by atoms with Crippen LogP contribution in [-0.4, -0.2) is 38.6 Å². The van der Waals surface area contributed by atoms with E-state index < -0.39 is 11.6 Å². The summed E-state index contributed by atoms with van der Waals surface area (Å²) in [6.07, 6.45) is 9.39. The summed E-state index contributed by atoms with van der Waals surface area (Å²) in [5.41, 5.74) is -0.631. The summed E-state index contributed by atoms with van der Waals surface area (Å²) in [6.45, 7) is 4.04. The standard InChI is InChI=1S/C19H34O4S/c1-3-4-13-19(2,23)14-24-17-12-11-16(20)15(17)9-7-5-6-8-10-18(21)22/h15,17,23H,3-14H2,1-2H3,(H,21,22). The van der Waals surface area contributed by atoms with Crippen molar-refractivity contribution in [1.29, 1.82) is 0 Å². The normalized spacial score (nSPS) is 23.4. The Morgan fingerprint density at radius 1 is 1.25 bits per heavy atom. The van der Waals surface area contributed by atoms with E-state index in [0.29, 0.717) is 23.2 Å². The molecule has 0 heterocycles. The number of hydrogen-bond acceptors (Lipinski definition) is 4. The predicted octanol–water partition coefficient (Wildman–Crippen LogP) is 4.43. The molecule has 2 N–H and O–H groups in total. The minimum absolute atomic E-state index is 0.136. The van der Waals surface area contributed by atoms with Crippen LogP contribution in [0.1, 0.15) is 84.5 Å². The Hall–Kier alpha value is -0.550. The van der Waals surface area contributed by atoms with Crippen molar-refractivity contribution in [3.63, 3.8) is 0 Å². The minimum Gasteiger partial charge on any atom is -0.481 e. The second-order valence-electron chi connectivity index (χ2n) is 7.41. The Morgan fingerprint density at radius 3 is 2.62 bits per heavy atom. The molecule has 0 aromatic heterocycles. The molecule has 24 heavy (non-hydrogen) atoms. The van der Waals surface area contributed by atoms with Crippen LogP contribution in [0, 0.1) is 5.92 Å². The van der Waals surface area contributed by atoms with Crippen molar-refractivity contribution in [2.24, 2.45) is 5.92 Å². The second-order valence-corrected chi connectivity index (χ2v) is 8.64.